The fraction of sp³-hybridized carbons (Fsp3) is 0.529. The number of amidine groups is 1. The molecule has 1 aromatic rings. The number of nitrogens with one attached hydrogen (secondary N) is 1. The topological polar surface area (TPSA) is 69.2 Å². The van der Waals surface area contributed by atoms with Gasteiger partial charge in [-0.25, -0.2) is 4.99 Å². The van der Waals surface area contributed by atoms with Crippen LogP contribution < -0.4 is 5.32 Å². The molecule has 0 aliphatic carbocycles. The first kappa shape index (κ1) is 20.2. The van der Waals surface area contributed by atoms with Crippen LogP contribution in [0.25, 0.3) is 0 Å². The van der Waals surface area contributed by atoms with Crippen molar-refractivity contribution in [3.8, 4) is 0 Å². The largest absolute Gasteiger partial charge is 0.463 e. The summed E-state index contributed by atoms with van der Waals surface area (Å²) in [6, 6.07) is 4.07. The van der Waals surface area contributed by atoms with E-state index in [1.807, 2.05) is 0 Å². The van der Waals surface area contributed by atoms with Crippen molar-refractivity contribution in [3.05, 3.63) is 35.4 Å². The normalized spacial score (nSPS) is 18.0. The number of amides is 1. The summed E-state index contributed by atoms with van der Waals surface area (Å²) in [6.07, 6.45) is -2.78. The highest BCUT2D eigenvalue weighted by Gasteiger charge is 2.31. The van der Waals surface area contributed by atoms with Gasteiger partial charge in [-0.3, -0.25) is 10.1 Å². The van der Waals surface area contributed by atoms with Gasteiger partial charge in [-0.05, 0) is 31.0 Å². The Morgan fingerprint density at radius 3 is 2.85 bits per heavy atom. The molecule has 0 saturated carbocycles. The number of methoxy groups -OCH3 is 1. The number of ether oxygens (including phenoxy) is 3. The molecule has 0 aromatic heterocycles. The third-order valence-corrected chi connectivity index (χ3v) is 3.66. The van der Waals surface area contributed by atoms with E-state index in [1.165, 1.54) is 19.2 Å². The third kappa shape index (κ3) is 6.30. The Balaban J connectivity index is 2.05. The lowest BCUT2D eigenvalue weighted by atomic mass is 10.1. The predicted octanol–water partition coefficient (Wildman–Crippen LogP) is 2.63. The number of benzene rings is 1. The van der Waals surface area contributed by atoms with Gasteiger partial charge in [0.1, 0.15) is 6.61 Å². The van der Waals surface area contributed by atoms with Gasteiger partial charge in [0.05, 0.1) is 24.8 Å². The highest BCUT2D eigenvalue weighted by Crippen LogP contribution is 2.29. The van der Waals surface area contributed by atoms with Gasteiger partial charge in [0.2, 0.25) is 0 Å². The Morgan fingerprint density at radius 1 is 1.38 bits per heavy atom. The van der Waals surface area contributed by atoms with Crippen LogP contribution in [0.1, 0.15) is 28.8 Å². The number of carbonyl (C=O) groups is 1. The molecule has 1 amide bonds. The maximum absolute atomic E-state index is 12.8. The SMILES string of the molecule is COCCOC(=NC[C@H]1CCCO1)NC(=O)c1cccc(C(F)(F)F)c1. The van der Waals surface area contributed by atoms with Gasteiger partial charge in [0, 0.05) is 19.3 Å². The molecule has 1 saturated heterocycles. The molecule has 1 heterocycles. The van der Waals surface area contributed by atoms with Gasteiger partial charge in [-0.2, -0.15) is 13.2 Å². The van der Waals surface area contributed by atoms with Gasteiger partial charge in [-0.15, -0.1) is 0 Å². The average molecular weight is 374 g/mol. The summed E-state index contributed by atoms with van der Waals surface area (Å²) >= 11 is 0. The minimum absolute atomic E-state index is 0.0542. The van der Waals surface area contributed by atoms with Gasteiger partial charge in [0.25, 0.3) is 11.9 Å². The van der Waals surface area contributed by atoms with Crippen LogP contribution in [0.5, 0.6) is 0 Å². The summed E-state index contributed by atoms with van der Waals surface area (Å²) in [4.78, 5) is 16.4. The van der Waals surface area contributed by atoms with E-state index in [1.54, 1.807) is 0 Å². The lowest BCUT2D eigenvalue weighted by Crippen LogP contribution is -2.34. The zero-order chi connectivity index (χ0) is 19.0. The van der Waals surface area contributed by atoms with Crippen LogP contribution in [0.4, 0.5) is 13.2 Å². The van der Waals surface area contributed by atoms with E-state index in [2.05, 4.69) is 10.3 Å². The van der Waals surface area contributed by atoms with Crippen LogP contribution in [0.15, 0.2) is 29.3 Å². The first-order chi connectivity index (χ1) is 12.4. The highest BCUT2D eigenvalue weighted by atomic mass is 19.4. The van der Waals surface area contributed by atoms with Crippen molar-refractivity contribution < 1.29 is 32.2 Å². The first-order valence-electron chi connectivity index (χ1n) is 8.16. The van der Waals surface area contributed by atoms with E-state index >= 15 is 0 Å². The van der Waals surface area contributed by atoms with E-state index in [9.17, 15) is 18.0 Å². The first-order valence-corrected chi connectivity index (χ1v) is 8.16. The van der Waals surface area contributed by atoms with Crippen LogP contribution in [0.2, 0.25) is 0 Å². The molecule has 1 N–H and O–H groups in total. The molecule has 0 bridgehead atoms. The summed E-state index contributed by atoms with van der Waals surface area (Å²) in [5.41, 5.74) is -1.04. The fourth-order valence-electron chi connectivity index (χ4n) is 2.32. The number of hydrogen-bond donors (Lipinski definition) is 1. The number of carbonyl (C=O) groups excluding carboxylic acids is 1. The fourth-order valence-corrected chi connectivity index (χ4v) is 2.32. The van der Waals surface area contributed by atoms with Crippen molar-refractivity contribution in [2.24, 2.45) is 4.99 Å². The zero-order valence-corrected chi connectivity index (χ0v) is 14.3. The molecule has 0 unspecified atom stereocenters. The van der Waals surface area contributed by atoms with Gasteiger partial charge in [0.15, 0.2) is 0 Å². The zero-order valence-electron chi connectivity index (χ0n) is 14.3. The molecule has 6 nitrogen and oxygen atoms in total. The van der Waals surface area contributed by atoms with Crippen LogP contribution >= 0.6 is 0 Å². The number of halogens is 3. The van der Waals surface area contributed by atoms with Crippen molar-refractivity contribution in [3.63, 3.8) is 0 Å². The number of alkyl halides is 3. The molecule has 1 fully saturated rings. The average Bonchev–Trinajstić information content (AvgIpc) is 3.12. The van der Waals surface area contributed by atoms with Crippen LogP contribution in [-0.4, -0.2) is 51.5 Å². The maximum Gasteiger partial charge on any atom is 0.416 e. The summed E-state index contributed by atoms with van der Waals surface area (Å²) in [5, 5.41) is 2.41. The monoisotopic (exact) mass is 374 g/mol. The molecule has 1 aliphatic rings. The van der Waals surface area contributed by atoms with Gasteiger partial charge < -0.3 is 14.2 Å². The Morgan fingerprint density at radius 2 is 2.19 bits per heavy atom. The summed E-state index contributed by atoms with van der Waals surface area (Å²) in [7, 11) is 1.49. The molecule has 0 spiro atoms. The second-order valence-electron chi connectivity index (χ2n) is 5.65. The molecule has 26 heavy (non-hydrogen) atoms. The molecule has 2 rings (SSSR count). The molecule has 144 valence electrons. The molecule has 1 aromatic carbocycles. The van der Waals surface area contributed by atoms with Crippen LogP contribution in [-0.2, 0) is 20.4 Å². The Bertz CT molecular complexity index is 629. The Kier molecular flexibility index (Phi) is 7.40. The van der Waals surface area contributed by atoms with E-state index in [0.29, 0.717) is 13.2 Å². The lowest BCUT2D eigenvalue weighted by Gasteiger charge is -2.13. The van der Waals surface area contributed by atoms with Gasteiger partial charge in [-0.1, -0.05) is 6.07 Å². The van der Waals surface area contributed by atoms with Crippen molar-refractivity contribution in [2.75, 3.05) is 33.5 Å². The minimum Gasteiger partial charge on any atom is -0.463 e. The Hall–Kier alpha value is -2.13. The van der Waals surface area contributed by atoms with Gasteiger partial charge >= 0.3 is 6.18 Å². The summed E-state index contributed by atoms with van der Waals surface area (Å²) < 4.78 is 54.0. The summed E-state index contributed by atoms with van der Waals surface area (Å²) in [5.74, 6) is -0.736. The van der Waals surface area contributed by atoms with Crippen molar-refractivity contribution in [1.29, 1.82) is 0 Å². The van der Waals surface area contributed by atoms with E-state index in [-0.39, 0.29) is 30.9 Å². The second kappa shape index (κ2) is 9.54. The smallest absolute Gasteiger partial charge is 0.416 e. The number of rotatable bonds is 6. The summed E-state index contributed by atoms with van der Waals surface area (Å²) in [6.45, 7) is 1.38. The van der Waals surface area contributed by atoms with Crippen molar-refractivity contribution in [2.45, 2.75) is 25.1 Å². The van der Waals surface area contributed by atoms with E-state index < -0.39 is 17.6 Å². The van der Waals surface area contributed by atoms with Crippen LogP contribution in [0, 0.1) is 0 Å². The quantitative estimate of drug-likeness (QED) is 0.472. The Labute approximate surface area is 149 Å². The number of hydrogen-bond acceptors (Lipinski definition) is 5. The maximum atomic E-state index is 12.8. The van der Waals surface area contributed by atoms with E-state index in [4.69, 9.17) is 14.2 Å². The molecule has 0 radical (unpaired) electrons. The van der Waals surface area contributed by atoms with E-state index in [0.717, 1.165) is 25.0 Å². The molecule has 1 aliphatic heterocycles. The molecular weight excluding hydrogens is 353 g/mol. The molecular formula is C17H21F3N2O4. The van der Waals surface area contributed by atoms with Crippen molar-refractivity contribution in [1.82, 2.24) is 5.32 Å². The molecule has 9 heteroatoms. The van der Waals surface area contributed by atoms with Crippen LogP contribution in [0.3, 0.4) is 0 Å². The highest BCUT2D eigenvalue weighted by molar-refractivity contribution is 6.04. The second-order valence-corrected chi connectivity index (χ2v) is 5.65. The molecule has 1 atom stereocenters. The number of aliphatic imine (C=N–C) groups is 1. The standard InChI is InChI=1S/C17H21F3N2O4/c1-24-8-9-26-16(21-11-14-6-3-7-25-14)22-15(23)12-4-2-5-13(10-12)17(18,19)20/h2,4-5,10,14H,3,6-9,11H2,1H3,(H,21,22,23)/t14-/m1/s1. The third-order valence-electron chi connectivity index (χ3n) is 3.66. The van der Waals surface area contributed by atoms with Crippen molar-refractivity contribution >= 4 is 11.9 Å². The lowest BCUT2D eigenvalue weighted by molar-refractivity contribution is -0.137. The predicted molar refractivity (Wildman–Crippen MR) is 88.0 cm³/mol. The number of nitrogens with zero attached hydrogens (tertiary/aromatic N) is 1. The minimum atomic E-state index is -4.53.